The van der Waals surface area contributed by atoms with E-state index in [9.17, 15) is 14.0 Å². The summed E-state index contributed by atoms with van der Waals surface area (Å²) >= 11 is 0. The Labute approximate surface area is 109 Å². The van der Waals surface area contributed by atoms with E-state index < -0.39 is 11.6 Å². The maximum Gasteiger partial charge on any atom is 0.203 e. The average molecular weight is 255 g/mol. The summed E-state index contributed by atoms with van der Waals surface area (Å²) in [6.45, 7) is 0. The third-order valence-corrected chi connectivity index (χ3v) is 2.65. The molecule has 0 aliphatic carbocycles. The van der Waals surface area contributed by atoms with Crippen molar-refractivity contribution >= 4 is 17.8 Å². The summed E-state index contributed by atoms with van der Waals surface area (Å²) < 4.78 is 12.8. The minimum Gasteiger partial charge on any atom is -0.305 e. The van der Waals surface area contributed by atoms with E-state index in [2.05, 4.69) is 0 Å². The Morgan fingerprint density at radius 3 is 2.21 bits per heavy atom. The molecule has 2 aromatic rings. The molecule has 94 valence electrons. The topological polar surface area (TPSA) is 58.0 Å². The van der Waals surface area contributed by atoms with E-state index in [0.717, 1.165) is 0 Å². The van der Waals surface area contributed by atoms with Crippen LogP contribution in [0.2, 0.25) is 0 Å². The molecule has 0 radical (unpaired) electrons. The van der Waals surface area contributed by atoms with Gasteiger partial charge < -0.3 is 5.41 Å². The summed E-state index contributed by atoms with van der Waals surface area (Å²) in [6.07, 6.45) is 0.696. The number of Topliss-reactive ketones (excluding diaryl/α,β-unsaturated/α-hetero) is 1. The highest BCUT2D eigenvalue weighted by Crippen LogP contribution is 2.12. The molecule has 0 heterocycles. The van der Waals surface area contributed by atoms with Crippen molar-refractivity contribution in [2.45, 2.75) is 0 Å². The molecule has 2 aromatic carbocycles. The van der Waals surface area contributed by atoms with Crippen molar-refractivity contribution in [3.05, 3.63) is 71.0 Å². The Hall–Kier alpha value is -2.62. The van der Waals surface area contributed by atoms with Crippen LogP contribution in [0.5, 0.6) is 0 Å². The Kier molecular flexibility index (Phi) is 3.61. The summed E-state index contributed by atoms with van der Waals surface area (Å²) in [5, 5.41) is 6.91. The number of ketones is 2. The third kappa shape index (κ3) is 2.80. The first-order valence-electron chi connectivity index (χ1n) is 5.57. The zero-order chi connectivity index (χ0) is 13.8. The average Bonchev–Trinajstić information content (AvgIpc) is 2.46. The van der Waals surface area contributed by atoms with Gasteiger partial charge in [0, 0.05) is 16.7 Å². The van der Waals surface area contributed by atoms with Crippen molar-refractivity contribution in [1.82, 2.24) is 0 Å². The van der Waals surface area contributed by atoms with Crippen LogP contribution in [-0.2, 0) is 0 Å². The van der Waals surface area contributed by atoms with Gasteiger partial charge in [0.2, 0.25) is 5.78 Å². The number of hydrogen-bond donors (Lipinski definition) is 1. The lowest BCUT2D eigenvalue weighted by Gasteiger charge is -2.03. The van der Waals surface area contributed by atoms with E-state index in [0.29, 0.717) is 17.3 Å². The first kappa shape index (κ1) is 12.8. The fraction of sp³-hybridized carbons (Fsp3) is 0. The van der Waals surface area contributed by atoms with Crippen LogP contribution < -0.4 is 0 Å². The van der Waals surface area contributed by atoms with E-state index in [1.54, 1.807) is 12.1 Å². The van der Waals surface area contributed by atoms with Gasteiger partial charge in [-0.15, -0.1) is 0 Å². The molecule has 0 saturated carbocycles. The van der Waals surface area contributed by atoms with Crippen molar-refractivity contribution in [2.75, 3.05) is 0 Å². The lowest BCUT2D eigenvalue weighted by atomic mass is 10.0. The van der Waals surface area contributed by atoms with Crippen LogP contribution >= 0.6 is 0 Å². The minimum absolute atomic E-state index is 0.281. The lowest BCUT2D eigenvalue weighted by Crippen LogP contribution is -2.05. The van der Waals surface area contributed by atoms with Crippen molar-refractivity contribution in [3.63, 3.8) is 0 Å². The molecule has 1 N–H and O–H groups in total. The maximum atomic E-state index is 12.8. The predicted octanol–water partition coefficient (Wildman–Crippen LogP) is 2.89. The molecule has 0 aromatic heterocycles. The molecule has 0 saturated heterocycles. The van der Waals surface area contributed by atoms with E-state index in [1.807, 2.05) is 0 Å². The second-order valence-corrected chi connectivity index (χ2v) is 3.93. The summed E-state index contributed by atoms with van der Waals surface area (Å²) in [4.78, 5) is 23.5. The zero-order valence-electron chi connectivity index (χ0n) is 9.89. The van der Waals surface area contributed by atoms with Gasteiger partial charge in [-0.25, -0.2) is 4.39 Å². The Balaban J connectivity index is 2.36. The Morgan fingerprint density at radius 1 is 0.947 bits per heavy atom. The normalized spacial score (nSPS) is 9.95. The second kappa shape index (κ2) is 5.35. The van der Waals surface area contributed by atoms with Gasteiger partial charge in [-0.2, -0.15) is 0 Å². The molecule has 0 amide bonds. The summed E-state index contributed by atoms with van der Waals surface area (Å²) in [5.74, 6) is -1.17. The fourth-order valence-corrected chi connectivity index (χ4v) is 1.66. The van der Waals surface area contributed by atoms with Gasteiger partial charge in [0.1, 0.15) is 5.82 Å². The molecule has 19 heavy (non-hydrogen) atoms. The van der Waals surface area contributed by atoms with Crippen LogP contribution in [0.1, 0.15) is 26.3 Å². The van der Waals surface area contributed by atoms with Crippen LogP contribution in [0, 0.1) is 11.2 Å². The molecule has 0 bridgehead atoms. The van der Waals surface area contributed by atoms with Gasteiger partial charge in [-0.05, 0) is 30.3 Å². The SMILES string of the molecule is N=CC(=O)c1cccc(C(=O)c2ccc(F)cc2)c1. The first-order valence-corrected chi connectivity index (χ1v) is 5.57. The number of carbonyl (C=O) groups is 2. The number of benzene rings is 2. The molecule has 0 aliphatic rings. The van der Waals surface area contributed by atoms with Crippen molar-refractivity contribution in [1.29, 1.82) is 5.41 Å². The number of halogens is 1. The number of hydrogen-bond acceptors (Lipinski definition) is 3. The van der Waals surface area contributed by atoms with Crippen molar-refractivity contribution < 1.29 is 14.0 Å². The molecule has 0 aliphatic heterocycles. The molecular weight excluding hydrogens is 245 g/mol. The lowest BCUT2D eigenvalue weighted by molar-refractivity contribution is 0.103. The van der Waals surface area contributed by atoms with Crippen LogP contribution in [0.25, 0.3) is 0 Å². The van der Waals surface area contributed by atoms with Gasteiger partial charge in [0.05, 0.1) is 6.21 Å². The number of nitrogens with one attached hydrogen (secondary N) is 1. The zero-order valence-corrected chi connectivity index (χ0v) is 9.89. The highest BCUT2D eigenvalue weighted by Gasteiger charge is 2.11. The van der Waals surface area contributed by atoms with Gasteiger partial charge >= 0.3 is 0 Å². The van der Waals surface area contributed by atoms with Crippen LogP contribution in [0.15, 0.2) is 48.5 Å². The third-order valence-electron chi connectivity index (χ3n) is 2.65. The predicted molar refractivity (Wildman–Crippen MR) is 69.4 cm³/mol. The second-order valence-electron chi connectivity index (χ2n) is 3.93. The molecular formula is C15H10FNO2. The Morgan fingerprint density at radius 2 is 1.58 bits per heavy atom. The van der Waals surface area contributed by atoms with Gasteiger partial charge in [0.25, 0.3) is 0 Å². The van der Waals surface area contributed by atoms with Gasteiger partial charge in [-0.1, -0.05) is 18.2 Å². The largest absolute Gasteiger partial charge is 0.305 e. The van der Waals surface area contributed by atoms with Crippen LogP contribution in [0.4, 0.5) is 4.39 Å². The molecule has 0 atom stereocenters. The van der Waals surface area contributed by atoms with E-state index in [4.69, 9.17) is 5.41 Å². The van der Waals surface area contributed by atoms with Crippen LogP contribution in [-0.4, -0.2) is 17.8 Å². The molecule has 2 rings (SSSR count). The fourth-order valence-electron chi connectivity index (χ4n) is 1.66. The molecule has 0 fully saturated rings. The van der Waals surface area contributed by atoms with E-state index >= 15 is 0 Å². The molecule has 0 unspecified atom stereocenters. The van der Waals surface area contributed by atoms with E-state index in [1.165, 1.54) is 36.4 Å². The van der Waals surface area contributed by atoms with Gasteiger partial charge in [0.15, 0.2) is 5.78 Å². The van der Waals surface area contributed by atoms with E-state index in [-0.39, 0.29) is 11.3 Å². The number of rotatable bonds is 4. The monoisotopic (exact) mass is 255 g/mol. The number of carbonyl (C=O) groups excluding carboxylic acids is 2. The van der Waals surface area contributed by atoms with Crippen LogP contribution in [0.3, 0.4) is 0 Å². The summed E-state index contributed by atoms with van der Waals surface area (Å²) in [5.41, 5.74) is 0.961. The minimum atomic E-state index is -0.464. The smallest absolute Gasteiger partial charge is 0.203 e. The highest BCUT2D eigenvalue weighted by atomic mass is 19.1. The van der Waals surface area contributed by atoms with Crippen molar-refractivity contribution in [2.24, 2.45) is 0 Å². The van der Waals surface area contributed by atoms with Gasteiger partial charge in [-0.3, -0.25) is 9.59 Å². The summed E-state index contributed by atoms with van der Waals surface area (Å²) in [7, 11) is 0. The Bertz CT molecular complexity index is 647. The standard InChI is InChI=1S/C15H10FNO2/c16-13-6-4-10(5-7-13)15(19)12-3-1-2-11(8-12)14(18)9-17/h1-9,17H. The highest BCUT2D eigenvalue weighted by molar-refractivity contribution is 6.34. The quantitative estimate of drug-likeness (QED) is 0.674. The maximum absolute atomic E-state index is 12.8. The molecule has 0 spiro atoms. The van der Waals surface area contributed by atoms with Crippen molar-refractivity contribution in [3.8, 4) is 0 Å². The summed E-state index contributed by atoms with van der Waals surface area (Å²) in [6, 6.07) is 11.3. The molecule has 3 nitrogen and oxygen atoms in total. The first-order chi connectivity index (χ1) is 9.11. The molecule has 4 heteroatoms.